The summed E-state index contributed by atoms with van der Waals surface area (Å²) in [7, 11) is 0. The zero-order valence-corrected chi connectivity index (χ0v) is 28.6. The summed E-state index contributed by atoms with van der Waals surface area (Å²) in [5, 5.41) is 10.0. The number of anilines is 4. The minimum atomic E-state index is -0.640. The van der Waals surface area contributed by atoms with Crippen molar-refractivity contribution in [1.29, 1.82) is 0 Å². The Labute approximate surface area is 306 Å². The molecule has 1 aliphatic rings. The summed E-state index contributed by atoms with van der Waals surface area (Å²) < 4.78 is 0. The number of carbonyl (C=O) groups is 2. The Morgan fingerprint density at radius 3 is 1.23 bits per heavy atom. The quantitative estimate of drug-likeness (QED) is 0.131. The molecule has 0 atom stereocenters. The fourth-order valence-electron chi connectivity index (χ4n) is 7.85. The lowest BCUT2D eigenvalue weighted by molar-refractivity contribution is 0.101. The number of carbonyl (C=O) groups excluding carboxylic acids is 2. The predicted molar refractivity (Wildman–Crippen MR) is 216 cm³/mol. The molecule has 2 amide bonds. The number of benzene rings is 8. The van der Waals surface area contributed by atoms with Gasteiger partial charge in [-0.15, -0.1) is 0 Å². The van der Waals surface area contributed by atoms with E-state index in [2.05, 4.69) is 83.4 Å². The molecule has 8 aromatic carbocycles. The Morgan fingerprint density at radius 1 is 0.415 bits per heavy atom. The zero-order valence-electron chi connectivity index (χ0n) is 28.6. The summed E-state index contributed by atoms with van der Waals surface area (Å²) in [5.74, 6) is -0.373. The molecule has 254 valence electrons. The highest BCUT2D eigenvalue weighted by molar-refractivity contribution is 6.07. The van der Waals surface area contributed by atoms with Crippen molar-refractivity contribution in [1.82, 2.24) is 0 Å². The van der Waals surface area contributed by atoms with Gasteiger partial charge in [-0.25, -0.2) is 0 Å². The molecule has 6 nitrogen and oxygen atoms in total. The molecule has 0 saturated heterocycles. The van der Waals surface area contributed by atoms with Crippen molar-refractivity contribution in [2.45, 2.75) is 5.41 Å². The van der Waals surface area contributed by atoms with Crippen LogP contribution in [0.1, 0.15) is 43.0 Å². The van der Waals surface area contributed by atoms with Crippen LogP contribution in [0.25, 0.3) is 32.7 Å². The Morgan fingerprint density at radius 2 is 0.792 bits per heavy atom. The molecule has 0 heterocycles. The number of fused-ring (bicyclic) bond motifs is 5. The minimum Gasteiger partial charge on any atom is -0.399 e. The van der Waals surface area contributed by atoms with E-state index in [1.165, 1.54) is 22.3 Å². The van der Waals surface area contributed by atoms with E-state index >= 15 is 0 Å². The van der Waals surface area contributed by atoms with Crippen molar-refractivity contribution in [3.05, 3.63) is 203 Å². The van der Waals surface area contributed by atoms with Crippen LogP contribution in [0, 0.1) is 0 Å². The fourth-order valence-corrected chi connectivity index (χ4v) is 7.85. The minimum absolute atomic E-state index is 0.186. The molecule has 0 unspecified atom stereocenters. The number of hydrogen-bond acceptors (Lipinski definition) is 4. The van der Waals surface area contributed by atoms with Gasteiger partial charge in [0, 0.05) is 33.9 Å². The van der Waals surface area contributed by atoms with Crippen molar-refractivity contribution in [3.63, 3.8) is 0 Å². The van der Waals surface area contributed by atoms with Gasteiger partial charge in [0.2, 0.25) is 0 Å². The van der Waals surface area contributed by atoms with Gasteiger partial charge < -0.3 is 22.1 Å². The van der Waals surface area contributed by atoms with Gasteiger partial charge in [-0.3, -0.25) is 9.59 Å². The Kier molecular flexibility index (Phi) is 7.52. The van der Waals surface area contributed by atoms with Gasteiger partial charge in [-0.1, -0.05) is 97.1 Å². The molecule has 0 saturated carbocycles. The third-order valence-corrected chi connectivity index (χ3v) is 10.4. The Bertz CT molecular complexity index is 2550. The average molecular weight is 687 g/mol. The number of nitrogens with one attached hydrogen (secondary N) is 2. The van der Waals surface area contributed by atoms with Gasteiger partial charge in [0.15, 0.2) is 0 Å². The van der Waals surface area contributed by atoms with Gasteiger partial charge in [0.1, 0.15) is 0 Å². The number of amides is 2. The SMILES string of the molecule is Nc1ccc2cc(C(=O)Nc3ccc(C4(c5ccc(NC(=O)c6ccc7cc(N)ccc7c6)cc5)c5ccccc5-c5ccccc54)cc3)ccc2c1. The maximum atomic E-state index is 13.4. The van der Waals surface area contributed by atoms with E-state index in [9.17, 15) is 9.59 Å². The largest absolute Gasteiger partial charge is 0.399 e. The lowest BCUT2D eigenvalue weighted by Gasteiger charge is -2.34. The van der Waals surface area contributed by atoms with Crippen molar-refractivity contribution in [2.24, 2.45) is 0 Å². The van der Waals surface area contributed by atoms with E-state index in [0.717, 1.165) is 32.7 Å². The second-order valence-electron chi connectivity index (χ2n) is 13.5. The smallest absolute Gasteiger partial charge is 0.255 e. The summed E-state index contributed by atoms with van der Waals surface area (Å²) in [5.41, 5.74) is 22.0. The van der Waals surface area contributed by atoms with E-state index in [4.69, 9.17) is 11.5 Å². The van der Waals surface area contributed by atoms with E-state index in [1.807, 2.05) is 97.1 Å². The standard InChI is InChI=1S/C47H34N4O2/c48-37-19-13-29-25-33(11-9-31(29)27-37)45(52)50-39-21-15-35(16-22-39)47(43-7-3-1-5-41(43)42-6-2-4-8-44(42)47)36-17-23-40(24-18-36)51-46(53)34-12-10-32-28-38(49)20-14-30(32)26-34/h1-28H,48-49H2,(H,50,52)(H,51,53). The van der Waals surface area contributed by atoms with Crippen molar-refractivity contribution < 1.29 is 9.59 Å². The molecular formula is C47H34N4O2. The summed E-state index contributed by atoms with van der Waals surface area (Å²) >= 11 is 0. The molecule has 6 heteroatoms. The summed E-state index contributed by atoms with van der Waals surface area (Å²) in [6, 6.07) is 55.9. The molecule has 0 radical (unpaired) electrons. The number of rotatable bonds is 6. The molecule has 8 aromatic rings. The number of nitrogens with two attached hydrogens (primary N) is 2. The van der Waals surface area contributed by atoms with Crippen LogP contribution in [-0.2, 0) is 5.41 Å². The first kappa shape index (κ1) is 31.8. The molecule has 0 bridgehead atoms. The zero-order chi connectivity index (χ0) is 36.1. The highest BCUT2D eigenvalue weighted by Crippen LogP contribution is 2.56. The van der Waals surface area contributed by atoms with Crippen LogP contribution >= 0.6 is 0 Å². The Balaban J connectivity index is 1.06. The van der Waals surface area contributed by atoms with Crippen LogP contribution in [-0.4, -0.2) is 11.8 Å². The maximum absolute atomic E-state index is 13.4. The first-order valence-electron chi connectivity index (χ1n) is 17.5. The molecule has 0 fully saturated rings. The lowest BCUT2D eigenvalue weighted by atomic mass is 9.67. The molecular weight excluding hydrogens is 653 g/mol. The van der Waals surface area contributed by atoms with Gasteiger partial charge in [0.25, 0.3) is 11.8 Å². The molecule has 0 spiro atoms. The molecule has 0 aromatic heterocycles. The third-order valence-electron chi connectivity index (χ3n) is 10.4. The first-order chi connectivity index (χ1) is 25.9. The first-order valence-corrected chi connectivity index (χ1v) is 17.5. The van der Waals surface area contributed by atoms with E-state index in [1.54, 1.807) is 0 Å². The van der Waals surface area contributed by atoms with E-state index < -0.39 is 5.41 Å². The Hall–Kier alpha value is -7.18. The monoisotopic (exact) mass is 686 g/mol. The van der Waals surface area contributed by atoms with E-state index in [0.29, 0.717) is 33.9 Å². The van der Waals surface area contributed by atoms with Gasteiger partial charge in [-0.05, 0) is 128 Å². The second-order valence-corrected chi connectivity index (χ2v) is 13.5. The fraction of sp³-hybridized carbons (Fsp3) is 0.0213. The molecule has 53 heavy (non-hydrogen) atoms. The van der Waals surface area contributed by atoms with Crippen molar-refractivity contribution >= 4 is 56.1 Å². The van der Waals surface area contributed by atoms with Crippen LogP contribution < -0.4 is 22.1 Å². The van der Waals surface area contributed by atoms with Crippen LogP contribution in [0.2, 0.25) is 0 Å². The second kappa shape index (κ2) is 12.5. The lowest BCUT2D eigenvalue weighted by Crippen LogP contribution is -2.28. The topological polar surface area (TPSA) is 110 Å². The molecule has 9 rings (SSSR count). The van der Waals surface area contributed by atoms with Crippen molar-refractivity contribution in [2.75, 3.05) is 22.1 Å². The summed E-state index contributed by atoms with van der Waals surface area (Å²) in [4.78, 5) is 26.8. The summed E-state index contributed by atoms with van der Waals surface area (Å²) in [6.45, 7) is 0. The van der Waals surface area contributed by atoms with Crippen LogP contribution in [0.15, 0.2) is 170 Å². The molecule has 0 aliphatic heterocycles. The van der Waals surface area contributed by atoms with Gasteiger partial charge in [0.05, 0.1) is 5.41 Å². The molecule has 1 aliphatic carbocycles. The van der Waals surface area contributed by atoms with Crippen LogP contribution in [0.4, 0.5) is 22.7 Å². The molecule has 6 N–H and O–H groups in total. The normalized spacial score (nSPS) is 12.6. The average Bonchev–Trinajstić information content (AvgIpc) is 3.49. The number of nitrogen functional groups attached to an aromatic ring is 2. The van der Waals surface area contributed by atoms with Gasteiger partial charge >= 0.3 is 0 Å². The highest BCUT2D eigenvalue weighted by Gasteiger charge is 2.45. The predicted octanol–water partition coefficient (Wildman–Crippen LogP) is 10.0. The maximum Gasteiger partial charge on any atom is 0.255 e. The van der Waals surface area contributed by atoms with Crippen LogP contribution in [0.3, 0.4) is 0 Å². The highest BCUT2D eigenvalue weighted by atomic mass is 16.2. The summed E-state index contributed by atoms with van der Waals surface area (Å²) in [6.07, 6.45) is 0. The van der Waals surface area contributed by atoms with E-state index in [-0.39, 0.29) is 11.8 Å². The third kappa shape index (κ3) is 5.45. The van der Waals surface area contributed by atoms with Crippen molar-refractivity contribution in [3.8, 4) is 11.1 Å². The number of hydrogen-bond donors (Lipinski definition) is 4. The van der Waals surface area contributed by atoms with Crippen LogP contribution in [0.5, 0.6) is 0 Å². The van der Waals surface area contributed by atoms with Gasteiger partial charge in [-0.2, -0.15) is 0 Å².